The lowest BCUT2D eigenvalue weighted by atomic mass is 9.97. The number of thioether (sulfide) groups is 1. The highest BCUT2D eigenvalue weighted by molar-refractivity contribution is 7.98. The Morgan fingerprint density at radius 1 is 1.00 bits per heavy atom. The van der Waals surface area contributed by atoms with Gasteiger partial charge in [0.2, 0.25) is 0 Å². The molecule has 1 amide bonds. The normalized spacial score (nSPS) is 11.2. The predicted molar refractivity (Wildman–Crippen MR) is 112 cm³/mol. The third kappa shape index (κ3) is 5.12. The van der Waals surface area contributed by atoms with E-state index in [9.17, 15) is 4.79 Å². The molecule has 0 saturated carbocycles. The summed E-state index contributed by atoms with van der Waals surface area (Å²) in [6.45, 7) is 8.43. The summed E-state index contributed by atoms with van der Waals surface area (Å²) in [5.41, 5.74) is 4.00. The number of aliphatic hydroxyl groups is 1. The zero-order valence-electron chi connectivity index (χ0n) is 16.1. The average Bonchev–Trinajstić information content (AvgIpc) is 2.62. The highest BCUT2D eigenvalue weighted by Gasteiger charge is 2.23. The van der Waals surface area contributed by atoms with Crippen LogP contribution in [0.2, 0.25) is 0 Å². The number of nitrogens with zero attached hydrogens (tertiary/aromatic N) is 1. The van der Waals surface area contributed by atoms with Crippen LogP contribution in [0.15, 0.2) is 48.5 Å². The van der Waals surface area contributed by atoms with Gasteiger partial charge in [-0.2, -0.15) is 11.8 Å². The zero-order chi connectivity index (χ0) is 19.1. The minimum absolute atomic E-state index is 0.0770. The van der Waals surface area contributed by atoms with Crippen LogP contribution in [-0.4, -0.2) is 40.4 Å². The monoisotopic (exact) mass is 371 g/mol. The van der Waals surface area contributed by atoms with Crippen molar-refractivity contribution in [1.29, 1.82) is 0 Å². The zero-order valence-corrected chi connectivity index (χ0v) is 16.9. The van der Waals surface area contributed by atoms with Crippen molar-refractivity contribution >= 4 is 17.7 Å². The van der Waals surface area contributed by atoms with Gasteiger partial charge in [-0.1, -0.05) is 42.5 Å². The molecule has 0 spiro atoms. The van der Waals surface area contributed by atoms with E-state index in [2.05, 4.69) is 52.0 Å². The molecule has 2 rings (SSSR count). The van der Waals surface area contributed by atoms with Gasteiger partial charge in [-0.15, -0.1) is 0 Å². The molecule has 140 valence electrons. The maximum absolute atomic E-state index is 13.2. The Morgan fingerprint density at radius 2 is 1.62 bits per heavy atom. The Morgan fingerprint density at radius 3 is 2.19 bits per heavy atom. The second-order valence-electron chi connectivity index (χ2n) is 6.92. The molecule has 0 aliphatic heterocycles. The SMILES string of the molecule is CC(C)N(C(=O)c1ccccc1-c1ccc(CSCCO)cc1)C(C)C. The minimum Gasteiger partial charge on any atom is -0.396 e. The Balaban J connectivity index is 2.30. The Kier molecular flexibility index (Phi) is 7.73. The highest BCUT2D eigenvalue weighted by Crippen LogP contribution is 2.27. The topological polar surface area (TPSA) is 40.5 Å². The van der Waals surface area contributed by atoms with Crippen molar-refractivity contribution < 1.29 is 9.90 Å². The minimum atomic E-state index is 0.0770. The number of hydrogen-bond donors (Lipinski definition) is 1. The van der Waals surface area contributed by atoms with Crippen molar-refractivity contribution in [2.24, 2.45) is 0 Å². The second-order valence-corrected chi connectivity index (χ2v) is 8.02. The first kappa shape index (κ1) is 20.5. The van der Waals surface area contributed by atoms with Crippen molar-refractivity contribution in [2.75, 3.05) is 12.4 Å². The molecule has 3 nitrogen and oxygen atoms in total. The van der Waals surface area contributed by atoms with E-state index in [4.69, 9.17) is 5.11 Å². The van der Waals surface area contributed by atoms with Gasteiger partial charge in [-0.25, -0.2) is 0 Å². The third-order valence-electron chi connectivity index (χ3n) is 4.27. The Bertz CT molecular complexity index is 702. The molecule has 2 aromatic carbocycles. The molecule has 0 saturated heterocycles. The van der Waals surface area contributed by atoms with Gasteiger partial charge in [0.1, 0.15) is 0 Å². The molecule has 1 N–H and O–H groups in total. The first-order chi connectivity index (χ1) is 12.5. The standard InChI is InChI=1S/C22H29NO2S/c1-16(2)23(17(3)4)22(25)21-8-6-5-7-20(21)19-11-9-18(10-12-19)15-26-14-13-24/h5-12,16-17,24H,13-15H2,1-4H3. The predicted octanol–water partition coefficient (Wildman–Crippen LogP) is 4.84. The van der Waals surface area contributed by atoms with E-state index >= 15 is 0 Å². The molecule has 0 aliphatic carbocycles. The summed E-state index contributed by atoms with van der Waals surface area (Å²) in [6, 6.07) is 16.5. The van der Waals surface area contributed by atoms with Crippen LogP contribution in [0.3, 0.4) is 0 Å². The van der Waals surface area contributed by atoms with Gasteiger partial charge in [0.25, 0.3) is 5.91 Å². The Hall–Kier alpha value is -1.78. The maximum atomic E-state index is 13.2. The first-order valence-corrected chi connectivity index (χ1v) is 10.3. The summed E-state index contributed by atoms with van der Waals surface area (Å²) >= 11 is 1.72. The van der Waals surface area contributed by atoms with Gasteiger partial charge in [0, 0.05) is 29.2 Å². The number of benzene rings is 2. The lowest BCUT2D eigenvalue weighted by Crippen LogP contribution is -2.42. The molecular weight excluding hydrogens is 342 g/mol. The summed E-state index contributed by atoms with van der Waals surface area (Å²) in [5.74, 6) is 1.71. The molecule has 0 radical (unpaired) electrons. The fraction of sp³-hybridized carbons (Fsp3) is 0.409. The van der Waals surface area contributed by atoms with Crippen molar-refractivity contribution in [3.05, 3.63) is 59.7 Å². The van der Waals surface area contributed by atoms with Gasteiger partial charge in [0.05, 0.1) is 6.61 Å². The fourth-order valence-electron chi connectivity index (χ4n) is 3.16. The summed E-state index contributed by atoms with van der Waals surface area (Å²) in [4.78, 5) is 15.1. The Labute approximate surface area is 161 Å². The molecule has 0 heterocycles. The largest absolute Gasteiger partial charge is 0.396 e. The van der Waals surface area contributed by atoms with Crippen LogP contribution in [0.1, 0.15) is 43.6 Å². The number of amides is 1. The quantitative estimate of drug-likeness (QED) is 0.675. The molecule has 0 aromatic heterocycles. The van der Waals surface area contributed by atoms with Crippen LogP contribution in [-0.2, 0) is 5.75 Å². The second kappa shape index (κ2) is 9.79. The first-order valence-electron chi connectivity index (χ1n) is 9.15. The molecule has 0 unspecified atom stereocenters. The van der Waals surface area contributed by atoms with Crippen LogP contribution < -0.4 is 0 Å². The van der Waals surface area contributed by atoms with Crippen LogP contribution in [0, 0.1) is 0 Å². The lowest BCUT2D eigenvalue weighted by Gasteiger charge is -2.31. The molecule has 0 fully saturated rings. The van der Waals surface area contributed by atoms with Gasteiger partial charge in [0.15, 0.2) is 0 Å². The maximum Gasteiger partial charge on any atom is 0.254 e. The number of carbonyl (C=O) groups excluding carboxylic acids is 1. The lowest BCUT2D eigenvalue weighted by molar-refractivity contribution is 0.0644. The van der Waals surface area contributed by atoms with E-state index in [0.717, 1.165) is 28.2 Å². The molecule has 2 aromatic rings. The summed E-state index contributed by atoms with van der Waals surface area (Å²) in [7, 11) is 0. The van der Waals surface area contributed by atoms with Crippen LogP contribution in [0.4, 0.5) is 0 Å². The van der Waals surface area contributed by atoms with E-state index in [1.54, 1.807) is 11.8 Å². The number of rotatable bonds is 8. The van der Waals surface area contributed by atoms with Crippen molar-refractivity contribution in [2.45, 2.75) is 45.5 Å². The van der Waals surface area contributed by atoms with Gasteiger partial charge >= 0.3 is 0 Å². The van der Waals surface area contributed by atoms with Gasteiger partial charge < -0.3 is 10.0 Å². The molecule has 0 aliphatic rings. The van der Waals surface area contributed by atoms with Gasteiger partial charge in [-0.3, -0.25) is 4.79 Å². The molecule has 26 heavy (non-hydrogen) atoms. The van der Waals surface area contributed by atoms with Crippen molar-refractivity contribution in [3.63, 3.8) is 0 Å². The van der Waals surface area contributed by atoms with E-state index in [1.165, 1.54) is 5.56 Å². The number of aliphatic hydroxyl groups excluding tert-OH is 1. The van der Waals surface area contributed by atoms with E-state index in [0.29, 0.717) is 0 Å². The average molecular weight is 372 g/mol. The van der Waals surface area contributed by atoms with E-state index in [-0.39, 0.29) is 24.6 Å². The molecule has 4 heteroatoms. The van der Waals surface area contributed by atoms with Crippen LogP contribution in [0.5, 0.6) is 0 Å². The molecule has 0 bridgehead atoms. The summed E-state index contributed by atoms with van der Waals surface area (Å²) in [5, 5.41) is 8.89. The fourth-order valence-corrected chi connectivity index (χ4v) is 3.86. The number of carbonyl (C=O) groups is 1. The van der Waals surface area contributed by atoms with E-state index < -0.39 is 0 Å². The van der Waals surface area contributed by atoms with Crippen molar-refractivity contribution in [3.8, 4) is 11.1 Å². The van der Waals surface area contributed by atoms with Crippen molar-refractivity contribution in [1.82, 2.24) is 4.90 Å². The van der Waals surface area contributed by atoms with Gasteiger partial charge in [-0.05, 0) is 50.5 Å². The van der Waals surface area contributed by atoms with Crippen LogP contribution in [0.25, 0.3) is 11.1 Å². The summed E-state index contributed by atoms with van der Waals surface area (Å²) < 4.78 is 0. The third-order valence-corrected chi connectivity index (χ3v) is 5.28. The smallest absolute Gasteiger partial charge is 0.254 e. The molecular formula is C22H29NO2S. The number of hydrogen-bond acceptors (Lipinski definition) is 3. The van der Waals surface area contributed by atoms with Crippen LogP contribution >= 0.6 is 11.8 Å². The highest BCUT2D eigenvalue weighted by atomic mass is 32.2. The van der Waals surface area contributed by atoms with E-state index in [1.807, 2.05) is 29.2 Å². The summed E-state index contributed by atoms with van der Waals surface area (Å²) in [6.07, 6.45) is 0. The molecule has 0 atom stereocenters.